The van der Waals surface area contributed by atoms with E-state index in [4.69, 9.17) is 0 Å². The van der Waals surface area contributed by atoms with Gasteiger partial charge in [-0.2, -0.15) is 5.10 Å². The standard InChI is InChI=1S/C17H17N5O2/c1-12(23)19-13-5-7-14(8-6-13)20-16(24)15-11-18-21(2)17(15)22-9-3-4-10-22/h3-11H,1-2H3,(H,19,23)(H,20,24). The molecule has 0 saturated heterocycles. The summed E-state index contributed by atoms with van der Waals surface area (Å²) in [6.45, 7) is 1.45. The summed E-state index contributed by atoms with van der Waals surface area (Å²) < 4.78 is 3.48. The fraction of sp³-hybridized carbons (Fsp3) is 0.118. The van der Waals surface area contributed by atoms with E-state index >= 15 is 0 Å². The van der Waals surface area contributed by atoms with E-state index in [9.17, 15) is 9.59 Å². The van der Waals surface area contributed by atoms with Crippen LogP contribution < -0.4 is 10.6 Å². The van der Waals surface area contributed by atoms with Gasteiger partial charge in [0.05, 0.1) is 6.20 Å². The zero-order chi connectivity index (χ0) is 17.1. The smallest absolute Gasteiger partial charge is 0.261 e. The van der Waals surface area contributed by atoms with Gasteiger partial charge in [0.1, 0.15) is 11.4 Å². The molecule has 0 aliphatic heterocycles. The largest absolute Gasteiger partial charge is 0.326 e. The third-order valence-corrected chi connectivity index (χ3v) is 3.46. The Morgan fingerprint density at radius 3 is 2.17 bits per heavy atom. The second-order valence-corrected chi connectivity index (χ2v) is 5.31. The molecule has 0 aliphatic carbocycles. The Kier molecular flexibility index (Phi) is 4.15. The van der Waals surface area contributed by atoms with E-state index in [0.717, 1.165) is 0 Å². The summed E-state index contributed by atoms with van der Waals surface area (Å²) in [5, 5.41) is 9.69. The summed E-state index contributed by atoms with van der Waals surface area (Å²) in [6, 6.07) is 10.7. The Bertz CT molecular complexity index is 863. The lowest BCUT2D eigenvalue weighted by Gasteiger charge is -2.09. The third kappa shape index (κ3) is 3.19. The van der Waals surface area contributed by atoms with Crippen molar-refractivity contribution in [2.75, 3.05) is 10.6 Å². The second-order valence-electron chi connectivity index (χ2n) is 5.31. The van der Waals surface area contributed by atoms with Crippen molar-refractivity contribution in [1.29, 1.82) is 0 Å². The maximum Gasteiger partial charge on any atom is 0.261 e. The van der Waals surface area contributed by atoms with Gasteiger partial charge in [0.2, 0.25) is 5.91 Å². The molecule has 3 rings (SSSR count). The zero-order valence-electron chi connectivity index (χ0n) is 13.4. The van der Waals surface area contributed by atoms with Crippen LogP contribution in [0.3, 0.4) is 0 Å². The molecule has 0 fully saturated rings. The van der Waals surface area contributed by atoms with Gasteiger partial charge in [-0.3, -0.25) is 14.3 Å². The molecule has 0 bridgehead atoms. The van der Waals surface area contributed by atoms with E-state index in [0.29, 0.717) is 22.8 Å². The lowest BCUT2D eigenvalue weighted by atomic mass is 10.2. The molecule has 2 heterocycles. The van der Waals surface area contributed by atoms with Crippen LogP contribution in [0.5, 0.6) is 0 Å². The Hall–Kier alpha value is -3.35. The number of carbonyl (C=O) groups excluding carboxylic acids is 2. The van der Waals surface area contributed by atoms with Crippen molar-refractivity contribution < 1.29 is 9.59 Å². The molecule has 2 N–H and O–H groups in total. The fourth-order valence-corrected chi connectivity index (χ4v) is 2.41. The van der Waals surface area contributed by atoms with E-state index in [-0.39, 0.29) is 11.8 Å². The van der Waals surface area contributed by atoms with Gasteiger partial charge in [-0.15, -0.1) is 0 Å². The Labute approximate surface area is 138 Å². The van der Waals surface area contributed by atoms with E-state index in [1.807, 2.05) is 29.1 Å². The lowest BCUT2D eigenvalue weighted by Crippen LogP contribution is -2.15. The van der Waals surface area contributed by atoms with E-state index in [1.165, 1.54) is 13.1 Å². The van der Waals surface area contributed by atoms with Crippen molar-refractivity contribution in [2.45, 2.75) is 6.92 Å². The van der Waals surface area contributed by atoms with Crippen LogP contribution in [-0.2, 0) is 11.8 Å². The summed E-state index contributed by atoms with van der Waals surface area (Å²) >= 11 is 0. The molecule has 0 saturated carbocycles. The minimum Gasteiger partial charge on any atom is -0.326 e. The van der Waals surface area contributed by atoms with Crippen molar-refractivity contribution in [1.82, 2.24) is 14.3 Å². The molecule has 0 radical (unpaired) electrons. The molecule has 0 unspecified atom stereocenters. The highest BCUT2D eigenvalue weighted by atomic mass is 16.2. The molecular formula is C17H17N5O2. The number of aromatic nitrogens is 3. The van der Waals surface area contributed by atoms with Crippen LogP contribution in [0.15, 0.2) is 55.0 Å². The van der Waals surface area contributed by atoms with Crippen LogP contribution in [0.1, 0.15) is 17.3 Å². The SMILES string of the molecule is CC(=O)Nc1ccc(NC(=O)c2cnn(C)c2-n2cccc2)cc1. The minimum absolute atomic E-state index is 0.140. The number of anilines is 2. The van der Waals surface area contributed by atoms with Crippen LogP contribution in [0.25, 0.3) is 5.82 Å². The summed E-state index contributed by atoms with van der Waals surface area (Å²) in [6.07, 6.45) is 5.25. The number of hydrogen-bond donors (Lipinski definition) is 2. The second kappa shape index (κ2) is 6.41. The normalized spacial score (nSPS) is 10.4. The average Bonchev–Trinajstić information content (AvgIpc) is 3.17. The number of aryl methyl sites for hydroxylation is 1. The summed E-state index contributed by atoms with van der Waals surface area (Å²) in [5.74, 6) is 0.296. The lowest BCUT2D eigenvalue weighted by molar-refractivity contribution is -0.114. The van der Waals surface area contributed by atoms with Gasteiger partial charge in [0.25, 0.3) is 5.91 Å². The first-order valence-electron chi connectivity index (χ1n) is 7.39. The maximum atomic E-state index is 12.6. The predicted octanol–water partition coefficient (Wildman–Crippen LogP) is 2.42. The fourth-order valence-electron chi connectivity index (χ4n) is 2.41. The number of nitrogens with zero attached hydrogens (tertiary/aromatic N) is 3. The van der Waals surface area contributed by atoms with Crippen molar-refractivity contribution in [3.05, 3.63) is 60.6 Å². The third-order valence-electron chi connectivity index (χ3n) is 3.46. The van der Waals surface area contributed by atoms with Crippen molar-refractivity contribution in [3.8, 4) is 5.82 Å². The molecule has 0 atom stereocenters. The number of amides is 2. The van der Waals surface area contributed by atoms with Gasteiger partial charge < -0.3 is 15.2 Å². The highest BCUT2D eigenvalue weighted by molar-refractivity contribution is 6.06. The Balaban J connectivity index is 1.80. The molecule has 3 aromatic rings. The molecule has 2 aromatic heterocycles. The number of benzene rings is 1. The van der Waals surface area contributed by atoms with Crippen LogP contribution in [0, 0.1) is 0 Å². The highest BCUT2D eigenvalue weighted by Gasteiger charge is 2.17. The molecule has 7 nitrogen and oxygen atoms in total. The van der Waals surface area contributed by atoms with E-state index in [2.05, 4.69) is 15.7 Å². The molecule has 122 valence electrons. The minimum atomic E-state index is -0.251. The number of nitrogens with one attached hydrogen (secondary N) is 2. The summed E-state index contributed by atoms with van der Waals surface area (Å²) in [7, 11) is 1.79. The summed E-state index contributed by atoms with van der Waals surface area (Å²) in [5.41, 5.74) is 1.78. The highest BCUT2D eigenvalue weighted by Crippen LogP contribution is 2.18. The molecule has 0 aliphatic rings. The van der Waals surface area contributed by atoms with Crippen molar-refractivity contribution >= 4 is 23.2 Å². The zero-order valence-corrected chi connectivity index (χ0v) is 13.4. The van der Waals surface area contributed by atoms with Crippen LogP contribution >= 0.6 is 0 Å². The van der Waals surface area contributed by atoms with Crippen LogP contribution in [0.4, 0.5) is 11.4 Å². The molecule has 24 heavy (non-hydrogen) atoms. The van der Waals surface area contributed by atoms with Gasteiger partial charge in [-0.25, -0.2) is 0 Å². The van der Waals surface area contributed by atoms with Crippen LogP contribution in [0.2, 0.25) is 0 Å². The van der Waals surface area contributed by atoms with Gasteiger partial charge in [0.15, 0.2) is 0 Å². The number of rotatable bonds is 4. The predicted molar refractivity (Wildman–Crippen MR) is 91.2 cm³/mol. The Morgan fingerprint density at radius 2 is 1.58 bits per heavy atom. The molecule has 2 amide bonds. The monoisotopic (exact) mass is 323 g/mol. The van der Waals surface area contributed by atoms with Gasteiger partial charge in [-0.1, -0.05) is 0 Å². The van der Waals surface area contributed by atoms with Gasteiger partial charge >= 0.3 is 0 Å². The summed E-state index contributed by atoms with van der Waals surface area (Å²) in [4.78, 5) is 23.6. The number of hydrogen-bond acceptors (Lipinski definition) is 3. The molecule has 1 aromatic carbocycles. The van der Waals surface area contributed by atoms with E-state index in [1.54, 1.807) is 36.0 Å². The first kappa shape index (κ1) is 15.5. The van der Waals surface area contributed by atoms with Crippen molar-refractivity contribution in [3.63, 3.8) is 0 Å². The topological polar surface area (TPSA) is 81.0 Å². The quantitative estimate of drug-likeness (QED) is 0.774. The van der Waals surface area contributed by atoms with Gasteiger partial charge in [-0.05, 0) is 36.4 Å². The van der Waals surface area contributed by atoms with Crippen molar-refractivity contribution in [2.24, 2.45) is 7.05 Å². The molecular weight excluding hydrogens is 306 g/mol. The average molecular weight is 323 g/mol. The first-order chi connectivity index (χ1) is 11.5. The molecule has 0 spiro atoms. The maximum absolute atomic E-state index is 12.6. The van der Waals surface area contributed by atoms with Crippen LogP contribution in [-0.4, -0.2) is 26.2 Å². The van der Waals surface area contributed by atoms with E-state index < -0.39 is 0 Å². The first-order valence-corrected chi connectivity index (χ1v) is 7.39. The number of carbonyl (C=O) groups is 2. The van der Waals surface area contributed by atoms with Gasteiger partial charge in [0, 0.05) is 37.7 Å². The molecule has 7 heteroatoms. The Morgan fingerprint density at radius 1 is 1.00 bits per heavy atom.